The summed E-state index contributed by atoms with van der Waals surface area (Å²) in [5.41, 5.74) is 5.47. The van der Waals surface area contributed by atoms with Crippen molar-refractivity contribution in [1.82, 2.24) is 9.55 Å². The second kappa shape index (κ2) is 13.0. The number of esters is 1. The Hall–Kier alpha value is -4.17. The van der Waals surface area contributed by atoms with Crippen molar-refractivity contribution >= 4 is 51.2 Å². The average molecular weight is 632 g/mol. The number of aromatic nitrogens is 2. The largest absolute Gasteiger partial charge is 0.465 e. The molecule has 5 aromatic rings. The number of rotatable bonds is 9. The van der Waals surface area contributed by atoms with E-state index in [2.05, 4.69) is 0 Å². The molecule has 9 heteroatoms. The van der Waals surface area contributed by atoms with Crippen LogP contribution in [0.2, 0.25) is 10.0 Å². The maximum Gasteiger partial charge on any atom is 0.337 e. The fourth-order valence-corrected chi connectivity index (χ4v) is 6.38. The fraction of sp³-hybridized carbons (Fsp3) is 0.118. The van der Waals surface area contributed by atoms with E-state index in [0.29, 0.717) is 44.1 Å². The Labute approximate surface area is 261 Å². The van der Waals surface area contributed by atoms with Crippen molar-refractivity contribution in [3.8, 4) is 11.3 Å². The predicted octanol–water partition coefficient (Wildman–Crippen LogP) is 8.14. The first kappa shape index (κ1) is 30.3. The van der Waals surface area contributed by atoms with Crippen LogP contribution in [0, 0.1) is 6.92 Å². The molecule has 218 valence electrons. The second-order valence-corrected chi connectivity index (χ2v) is 12.9. The van der Waals surface area contributed by atoms with Gasteiger partial charge < -0.3 is 9.30 Å². The highest BCUT2D eigenvalue weighted by atomic mass is 35.5. The van der Waals surface area contributed by atoms with Crippen LogP contribution in [0.25, 0.3) is 23.4 Å². The van der Waals surface area contributed by atoms with E-state index in [4.69, 9.17) is 32.9 Å². The number of methoxy groups -OCH3 is 1. The van der Waals surface area contributed by atoms with E-state index in [1.54, 1.807) is 48.5 Å². The van der Waals surface area contributed by atoms with Gasteiger partial charge in [0.2, 0.25) is 0 Å². The lowest BCUT2D eigenvalue weighted by atomic mass is 10.1. The molecule has 0 N–H and O–H groups in total. The SMILES string of the molecule is COC(=O)c1ccc(Cn2cc(-c3ccc(Cl)cc3Cl)nc2/C=C/c2ccc(CS(=O)(=O)c3ccc(C)cc3)cc2)cc1. The van der Waals surface area contributed by atoms with Gasteiger partial charge in [-0.15, -0.1) is 0 Å². The monoisotopic (exact) mass is 630 g/mol. The van der Waals surface area contributed by atoms with E-state index in [0.717, 1.165) is 22.3 Å². The molecule has 1 heterocycles. The van der Waals surface area contributed by atoms with Crippen LogP contribution in [0.5, 0.6) is 0 Å². The van der Waals surface area contributed by atoms with E-state index in [1.165, 1.54) is 7.11 Å². The molecule has 4 aromatic carbocycles. The smallest absolute Gasteiger partial charge is 0.337 e. The fourth-order valence-electron chi connectivity index (χ4n) is 4.52. The molecule has 0 unspecified atom stereocenters. The molecule has 0 radical (unpaired) electrons. The summed E-state index contributed by atoms with van der Waals surface area (Å²) in [5, 5.41) is 1.03. The Morgan fingerprint density at radius 1 is 0.884 bits per heavy atom. The number of halogens is 2. The molecule has 1 aromatic heterocycles. The molecule has 0 aliphatic heterocycles. The van der Waals surface area contributed by atoms with Gasteiger partial charge in [-0.3, -0.25) is 0 Å². The summed E-state index contributed by atoms with van der Waals surface area (Å²) >= 11 is 12.6. The lowest BCUT2D eigenvalue weighted by Crippen LogP contribution is -2.05. The number of imidazole rings is 1. The van der Waals surface area contributed by atoms with E-state index in [9.17, 15) is 13.2 Å². The molecule has 0 amide bonds. The number of carbonyl (C=O) groups is 1. The van der Waals surface area contributed by atoms with E-state index in [1.807, 2.05) is 72.3 Å². The molecule has 0 aliphatic rings. The maximum atomic E-state index is 12.9. The van der Waals surface area contributed by atoms with Crippen LogP contribution in [0.15, 0.2) is 102 Å². The van der Waals surface area contributed by atoms with Crippen LogP contribution in [0.4, 0.5) is 0 Å². The number of benzene rings is 4. The third-order valence-electron chi connectivity index (χ3n) is 6.88. The minimum atomic E-state index is -3.45. The van der Waals surface area contributed by atoms with E-state index in [-0.39, 0.29) is 5.75 Å². The molecule has 0 bridgehead atoms. The minimum Gasteiger partial charge on any atom is -0.465 e. The van der Waals surface area contributed by atoms with E-state index >= 15 is 0 Å². The van der Waals surface area contributed by atoms with Crippen LogP contribution in [0.3, 0.4) is 0 Å². The standard InChI is InChI=1S/C34H28Cl2N2O4S/c1-23-3-15-29(16-4-23)43(40,41)22-26-7-5-24(6-8-26)11-18-33-37-32(30-17-14-28(35)19-31(30)36)21-38(33)20-25-9-12-27(13-10-25)34(39)42-2/h3-19,21H,20,22H2,1-2H3/b18-11+. The van der Waals surface area contributed by atoms with Crippen LogP contribution in [0.1, 0.15) is 38.4 Å². The lowest BCUT2D eigenvalue weighted by Gasteiger charge is -2.07. The van der Waals surface area contributed by atoms with Gasteiger partial charge in [-0.05, 0) is 72.2 Å². The topological polar surface area (TPSA) is 78.3 Å². The molecule has 43 heavy (non-hydrogen) atoms. The molecule has 6 nitrogen and oxygen atoms in total. The predicted molar refractivity (Wildman–Crippen MR) is 172 cm³/mol. The van der Waals surface area contributed by atoms with Gasteiger partial charge >= 0.3 is 5.97 Å². The first-order chi connectivity index (χ1) is 20.6. The van der Waals surface area contributed by atoms with Crippen molar-refractivity contribution in [2.24, 2.45) is 0 Å². The summed E-state index contributed by atoms with van der Waals surface area (Å²) in [6, 6.07) is 26.8. The van der Waals surface area contributed by atoms with Gasteiger partial charge in [0.15, 0.2) is 9.84 Å². The Bertz CT molecular complexity index is 1900. The Kier molecular flexibility index (Phi) is 9.16. The highest BCUT2D eigenvalue weighted by Gasteiger charge is 2.16. The van der Waals surface area contributed by atoms with Crippen molar-refractivity contribution in [3.05, 3.63) is 141 Å². The number of hydrogen-bond acceptors (Lipinski definition) is 5. The minimum absolute atomic E-state index is 0.0789. The van der Waals surface area contributed by atoms with Gasteiger partial charge in [0, 0.05) is 23.3 Å². The van der Waals surface area contributed by atoms with E-state index < -0.39 is 15.8 Å². The number of hydrogen-bond donors (Lipinski definition) is 0. The van der Waals surface area contributed by atoms with Gasteiger partial charge in [-0.25, -0.2) is 18.2 Å². The van der Waals surface area contributed by atoms with Crippen molar-refractivity contribution in [3.63, 3.8) is 0 Å². The first-order valence-corrected chi connectivity index (χ1v) is 15.8. The summed E-state index contributed by atoms with van der Waals surface area (Å²) in [6.45, 7) is 2.42. The number of sulfone groups is 1. The summed E-state index contributed by atoms with van der Waals surface area (Å²) in [4.78, 5) is 17.0. The molecule has 0 aliphatic carbocycles. The Morgan fingerprint density at radius 3 is 2.21 bits per heavy atom. The van der Waals surface area contributed by atoms with Crippen molar-refractivity contribution < 1.29 is 17.9 Å². The quantitative estimate of drug-likeness (QED) is 0.154. The number of ether oxygens (including phenoxy) is 1. The zero-order chi connectivity index (χ0) is 30.6. The molecule has 0 saturated carbocycles. The van der Waals surface area contributed by atoms with Crippen LogP contribution in [-0.4, -0.2) is 31.0 Å². The normalized spacial score (nSPS) is 11.6. The Balaban J connectivity index is 1.40. The first-order valence-electron chi connectivity index (χ1n) is 13.4. The maximum absolute atomic E-state index is 12.9. The van der Waals surface area contributed by atoms with Crippen molar-refractivity contribution in [2.75, 3.05) is 7.11 Å². The summed E-state index contributed by atoms with van der Waals surface area (Å²) in [5.74, 6) is 0.213. The third-order valence-corrected chi connectivity index (χ3v) is 9.14. The van der Waals surface area contributed by atoms with Crippen molar-refractivity contribution in [2.45, 2.75) is 24.1 Å². The molecular formula is C34H28Cl2N2O4S. The highest BCUT2D eigenvalue weighted by Crippen LogP contribution is 2.30. The zero-order valence-electron chi connectivity index (χ0n) is 23.5. The molecule has 0 saturated heterocycles. The summed E-state index contributed by atoms with van der Waals surface area (Å²) in [7, 11) is -2.10. The van der Waals surface area contributed by atoms with Gasteiger partial charge in [-0.2, -0.15) is 0 Å². The molecule has 0 atom stereocenters. The average Bonchev–Trinajstić information content (AvgIpc) is 3.38. The van der Waals surface area contributed by atoms with Gasteiger partial charge in [0.1, 0.15) is 5.82 Å². The third kappa shape index (κ3) is 7.43. The number of nitrogens with zero attached hydrogens (tertiary/aromatic N) is 2. The Morgan fingerprint density at radius 2 is 1.56 bits per heavy atom. The van der Waals surface area contributed by atoms with Crippen LogP contribution >= 0.6 is 23.2 Å². The second-order valence-electron chi connectivity index (χ2n) is 10.1. The van der Waals surface area contributed by atoms with Crippen LogP contribution in [-0.2, 0) is 26.9 Å². The van der Waals surface area contributed by atoms with Crippen LogP contribution < -0.4 is 0 Å². The van der Waals surface area contributed by atoms with Gasteiger partial charge in [0.05, 0.1) is 34.0 Å². The zero-order valence-corrected chi connectivity index (χ0v) is 25.8. The highest BCUT2D eigenvalue weighted by molar-refractivity contribution is 7.90. The molecule has 0 fully saturated rings. The number of carbonyl (C=O) groups excluding carboxylic acids is 1. The lowest BCUT2D eigenvalue weighted by molar-refractivity contribution is 0.0600. The molecular weight excluding hydrogens is 603 g/mol. The number of aryl methyl sites for hydroxylation is 1. The van der Waals surface area contributed by atoms with Gasteiger partial charge in [0.25, 0.3) is 0 Å². The van der Waals surface area contributed by atoms with Gasteiger partial charge in [-0.1, -0.05) is 83.4 Å². The summed E-state index contributed by atoms with van der Waals surface area (Å²) in [6.07, 6.45) is 5.74. The van der Waals surface area contributed by atoms with Crippen molar-refractivity contribution in [1.29, 1.82) is 0 Å². The molecule has 0 spiro atoms. The summed E-state index contributed by atoms with van der Waals surface area (Å²) < 4.78 is 32.5. The molecule has 5 rings (SSSR count).